The summed E-state index contributed by atoms with van der Waals surface area (Å²) in [6, 6.07) is 0. The predicted molar refractivity (Wildman–Crippen MR) is 56.3 cm³/mol. The number of carbonyl (C=O) groups excluding carboxylic acids is 1. The van der Waals surface area contributed by atoms with Crippen LogP contribution in [0.4, 0.5) is 0 Å². The molecular weight excluding hydrogens is 320 g/mol. The number of esters is 1. The van der Waals surface area contributed by atoms with E-state index >= 15 is 0 Å². The van der Waals surface area contributed by atoms with Gasteiger partial charge in [-0.15, -0.1) is 0 Å². The van der Waals surface area contributed by atoms with E-state index in [9.17, 15) is 9.59 Å². The Morgan fingerprint density at radius 3 is 2.79 bits per heavy atom. The Balaban J connectivity index is 3.18. The van der Waals surface area contributed by atoms with Gasteiger partial charge in [-0.1, -0.05) is 0 Å². The Morgan fingerprint density at radius 1 is 1.57 bits per heavy atom. The Bertz CT molecular complexity index is 410. The van der Waals surface area contributed by atoms with Crippen LogP contribution < -0.4 is 5.43 Å². The zero-order valence-corrected chi connectivity index (χ0v) is 10.3. The lowest BCUT2D eigenvalue weighted by atomic mass is 10.4. The molecule has 0 saturated carbocycles. The Kier molecular flexibility index (Phi) is 3.88. The van der Waals surface area contributed by atoms with Gasteiger partial charge >= 0.3 is 5.97 Å². The van der Waals surface area contributed by atoms with Crippen LogP contribution in [0.5, 0.6) is 0 Å². The molecule has 0 N–H and O–H groups in total. The zero-order valence-electron chi connectivity index (χ0n) is 7.17. The van der Waals surface area contributed by atoms with Crippen molar-refractivity contribution in [1.82, 2.24) is 0 Å². The summed E-state index contributed by atoms with van der Waals surface area (Å²) in [5, 5.41) is 0. The van der Waals surface area contributed by atoms with Gasteiger partial charge in [0.1, 0.15) is 15.2 Å². The second-order valence-electron chi connectivity index (χ2n) is 2.28. The van der Waals surface area contributed by atoms with Crippen molar-refractivity contribution in [3.05, 3.63) is 31.2 Å². The normalized spacial score (nSPS) is 9.93. The maximum atomic E-state index is 11.3. The molecule has 0 radical (unpaired) electrons. The first-order valence-electron chi connectivity index (χ1n) is 3.71. The lowest BCUT2D eigenvalue weighted by molar-refractivity contribution is 0.0485. The minimum absolute atomic E-state index is 0.0605. The van der Waals surface area contributed by atoms with E-state index in [4.69, 9.17) is 4.42 Å². The molecule has 0 aliphatic rings. The fraction of sp³-hybridized carbons (Fsp3) is 0.250. The van der Waals surface area contributed by atoms with E-state index in [2.05, 4.69) is 36.6 Å². The number of rotatable bonds is 2. The average molecular weight is 326 g/mol. The smallest absolute Gasteiger partial charge is 0.375 e. The van der Waals surface area contributed by atoms with Gasteiger partial charge in [0, 0.05) is 0 Å². The molecule has 0 bridgehead atoms. The van der Waals surface area contributed by atoms with Crippen molar-refractivity contribution >= 4 is 37.8 Å². The number of carbonyl (C=O) groups is 1. The van der Waals surface area contributed by atoms with Gasteiger partial charge in [0.2, 0.25) is 11.2 Å². The van der Waals surface area contributed by atoms with Gasteiger partial charge in [-0.25, -0.2) is 4.79 Å². The van der Waals surface area contributed by atoms with Crippen molar-refractivity contribution in [3.8, 4) is 0 Å². The molecule has 4 nitrogen and oxygen atoms in total. The number of ether oxygens (including phenoxy) is 1. The predicted octanol–water partition coefficient (Wildman–Crippen LogP) is 2.34. The van der Waals surface area contributed by atoms with Gasteiger partial charge in [-0.3, -0.25) is 4.79 Å². The van der Waals surface area contributed by atoms with E-state index in [0.29, 0.717) is 0 Å². The van der Waals surface area contributed by atoms with Crippen LogP contribution in [0.15, 0.2) is 24.4 Å². The third-order valence-electron chi connectivity index (χ3n) is 1.36. The number of halogens is 2. The summed E-state index contributed by atoms with van der Waals surface area (Å²) in [5.74, 6) is -0.788. The molecule has 0 atom stereocenters. The summed E-state index contributed by atoms with van der Waals surface area (Å²) in [4.78, 5) is 22.6. The van der Waals surface area contributed by atoms with Crippen molar-refractivity contribution in [2.45, 2.75) is 6.92 Å². The first kappa shape index (κ1) is 11.5. The van der Waals surface area contributed by atoms with Gasteiger partial charge in [-0.05, 0) is 38.8 Å². The third-order valence-corrected chi connectivity index (χ3v) is 2.62. The second kappa shape index (κ2) is 4.75. The van der Waals surface area contributed by atoms with E-state index in [0.717, 1.165) is 6.26 Å². The van der Waals surface area contributed by atoms with Crippen LogP contribution in [0.2, 0.25) is 0 Å². The minimum Gasteiger partial charge on any atom is -0.460 e. The van der Waals surface area contributed by atoms with Crippen molar-refractivity contribution in [2.75, 3.05) is 6.61 Å². The molecule has 0 aliphatic carbocycles. The first-order chi connectivity index (χ1) is 6.57. The first-order valence-corrected chi connectivity index (χ1v) is 5.30. The van der Waals surface area contributed by atoms with E-state index in [1.807, 2.05) is 0 Å². The quantitative estimate of drug-likeness (QED) is 0.783. The summed E-state index contributed by atoms with van der Waals surface area (Å²) in [7, 11) is 0. The van der Waals surface area contributed by atoms with Crippen molar-refractivity contribution in [3.63, 3.8) is 0 Å². The van der Waals surface area contributed by atoms with Crippen LogP contribution in [0, 0.1) is 0 Å². The summed E-state index contributed by atoms with van der Waals surface area (Å²) >= 11 is 5.94. The Labute approximate surface area is 96.5 Å². The molecule has 1 rings (SSSR count). The number of hydrogen-bond donors (Lipinski definition) is 0. The Morgan fingerprint density at radius 2 is 2.21 bits per heavy atom. The molecule has 0 unspecified atom stereocenters. The molecule has 76 valence electrons. The molecule has 0 spiro atoms. The van der Waals surface area contributed by atoms with Crippen molar-refractivity contribution < 1.29 is 13.9 Å². The molecular formula is C8H6Br2O4. The van der Waals surface area contributed by atoms with Gasteiger partial charge < -0.3 is 9.15 Å². The van der Waals surface area contributed by atoms with Crippen LogP contribution >= 0.6 is 31.9 Å². The van der Waals surface area contributed by atoms with Gasteiger partial charge in [0.05, 0.1) is 6.61 Å². The SMILES string of the molecule is CCOC(=O)c1occ(Br)c(=O)c1Br. The van der Waals surface area contributed by atoms with Crippen LogP contribution in [0.1, 0.15) is 17.5 Å². The molecule has 0 fully saturated rings. The molecule has 1 heterocycles. The molecule has 1 aromatic rings. The monoisotopic (exact) mass is 324 g/mol. The zero-order chi connectivity index (χ0) is 10.7. The second-order valence-corrected chi connectivity index (χ2v) is 3.92. The van der Waals surface area contributed by atoms with E-state index in [1.165, 1.54) is 0 Å². The molecule has 0 aromatic carbocycles. The standard InChI is InChI=1S/C8H6Br2O4/c1-2-13-8(12)7-5(10)6(11)4(9)3-14-7/h3H,2H2,1H3. The van der Waals surface area contributed by atoms with E-state index < -0.39 is 5.97 Å². The van der Waals surface area contributed by atoms with Gasteiger partial charge in [0.15, 0.2) is 0 Å². The summed E-state index contributed by atoms with van der Waals surface area (Å²) in [6.07, 6.45) is 1.15. The highest BCUT2D eigenvalue weighted by Gasteiger charge is 2.18. The minimum atomic E-state index is -0.663. The van der Waals surface area contributed by atoms with Crippen LogP contribution in [0.25, 0.3) is 0 Å². The van der Waals surface area contributed by atoms with Crippen molar-refractivity contribution in [1.29, 1.82) is 0 Å². The van der Waals surface area contributed by atoms with E-state index in [1.54, 1.807) is 6.92 Å². The van der Waals surface area contributed by atoms with Gasteiger partial charge in [-0.2, -0.15) is 0 Å². The topological polar surface area (TPSA) is 56.5 Å². The fourth-order valence-electron chi connectivity index (χ4n) is 0.758. The molecule has 14 heavy (non-hydrogen) atoms. The van der Waals surface area contributed by atoms with Crippen LogP contribution in [-0.2, 0) is 4.74 Å². The van der Waals surface area contributed by atoms with E-state index in [-0.39, 0.29) is 26.7 Å². The van der Waals surface area contributed by atoms with Crippen molar-refractivity contribution in [2.24, 2.45) is 0 Å². The molecule has 0 amide bonds. The maximum absolute atomic E-state index is 11.3. The van der Waals surface area contributed by atoms with Gasteiger partial charge in [0.25, 0.3) is 0 Å². The summed E-state index contributed by atoms with van der Waals surface area (Å²) in [5.41, 5.74) is -0.348. The number of hydrogen-bond acceptors (Lipinski definition) is 4. The average Bonchev–Trinajstić information content (AvgIpc) is 2.15. The molecule has 6 heteroatoms. The molecule has 1 aromatic heterocycles. The molecule has 0 saturated heterocycles. The largest absolute Gasteiger partial charge is 0.460 e. The molecule has 0 aliphatic heterocycles. The summed E-state index contributed by atoms with van der Waals surface area (Å²) < 4.78 is 9.91. The third kappa shape index (κ3) is 2.24. The highest BCUT2D eigenvalue weighted by atomic mass is 79.9. The summed E-state index contributed by atoms with van der Waals surface area (Å²) in [6.45, 7) is 1.90. The maximum Gasteiger partial charge on any atom is 0.375 e. The lowest BCUT2D eigenvalue weighted by Crippen LogP contribution is -2.12. The fourth-order valence-corrected chi connectivity index (χ4v) is 1.78. The highest BCUT2D eigenvalue weighted by molar-refractivity contribution is 9.11. The Hall–Kier alpha value is -0.620. The lowest BCUT2D eigenvalue weighted by Gasteiger charge is -2.02. The highest BCUT2D eigenvalue weighted by Crippen LogP contribution is 2.16. The van der Waals surface area contributed by atoms with Crippen LogP contribution in [0.3, 0.4) is 0 Å². The van der Waals surface area contributed by atoms with Crippen LogP contribution in [-0.4, -0.2) is 12.6 Å².